The number of hydrogen-bond donors (Lipinski definition) is 1. The van der Waals surface area contributed by atoms with Crippen LogP contribution in [0.5, 0.6) is 0 Å². The Kier molecular flexibility index (Phi) is 3.26. The van der Waals surface area contributed by atoms with Crippen LogP contribution >= 0.6 is 0 Å². The van der Waals surface area contributed by atoms with Gasteiger partial charge in [0.2, 0.25) is 10.0 Å². The SMILES string of the molecule is Cn1ccnc1C1N(c2ccc(S(N)(=O)=O)cn2)CC1(C)C. The molecule has 0 aromatic carbocycles. The Labute approximate surface area is 129 Å². The highest BCUT2D eigenvalue weighted by Crippen LogP contribution is 2.49. The Balaban J connectivity index is 1.94. The van der Waals surface area contributed by atoms with Gasteiger partial charge in [-0.05, 0) is 12.1 Å². The van der Waals surface area contributed by atoms with Crippen LogP contribution in [0.3, 0.4) is 0 Å². The van der Waals surface area contributed by atoms with Crippen LogP contribution < -0.4 is 10.0 Å². The molecular formula is C14H19N5O2S. The lowest BCUT2D eigenvalue weighted by Gasteiger charge is -2.54. The molecule has 2 aromatic heterocycles. The third kappa shape index (κ3) is 2.38. The van der Waals surface area contributed by atoms with E-state index in [4.69, 9.17) is 5.14 Å². The van der Waals surface area contributed by atoms with Crippen molar-refractivity contribution in [2.45, 2.75) is 24.8 Å². The summed E-state index contributed by atoms with van der Waals surface area (Å²) in [6.07, 6.45) is 4.99. The van der Waals surface area contributed by atoms with Crippen LogP contribution in [0.4, 0.5) is 5.82 Å². The van der Waals surface area contributed by atoms with Crippen molar-refractivity contribution in [1.82, 2.24) is 14.5 Å². The van der Waals surface area contributed by atoms with Crippen molar-refractivity contribution >= 4 is 15.8 Å². The lowest BCUT2D eigenvalue weighted by Crippen LogP contribution is -2.56. The maximum Gasteiger partial charge on any atom is 0.239 e. The number of primary sulfonamides is 1. The second-order valence-electron chi connectivity index (χ2n) is 6.31. The number of aryl methyl sites for hydroxylation is 1. The fourth-order valence-electron chi connectivity index (χ4n) is 2.98. The van der Waals surface area contributed by atoms with E-state index >= 15 is 0 Å². The third-order valence-corrected chi connectivity index (χ3v) is 4.97. The number of rotatable bonds is 3. The first-order valence-corrected chi connectivity index (χ1v) is 8.47. The Bertz CT molecular complexity index is 795. The molecule has 0 amide bonds. The molecule has 0 spiro atoms. The van der Waals surface area contributed by atoms with Gasteiger partial charge >= 0.3 is 0 Å². The topological polar surface area (TPSA) is 94.1 Å². The molecule has 8 heteroatoms. The molecule has 1 aliphatic heterocycles. The Morgan fingerprint density at radius 3 is 2.50 bits per heavy atom. The summed E-state index contributed by atoms with van der Waals surface area (Å²) in [7, 11) is -1.75. The van der Waals surface area contributed by atoms with Gasteiger partial charge < -0.3 is 9.47 Å². The molecule has 1 atom stereocenters. The highest BCUT2D eigenvalue weighted by atomic mass is 32.2. The monoisotopic (exact) mass is 321 g/mol. The number of hydrogen-bond acceptors (Lipinski definition) is 5. The van der Waals surface area contributed by atoms with Crippen molar-refractivity contribution in [3.8, 4) is 0 Å². The lowest BCUT2D eigenvalue weighted by atomic mass is 9.74. The minimum atomic E-state index is -3.72. The molecule has 0 aliphatic carbocycles. The zero-order valence-electron chi connectivity index (χ0n) is 12.8. The average molecular weight is 321 g/mol. The molecule has 118 valence electrons. The molecule has 1 saturated heterocycles. The summed E-state index contributed by atoms with van der Waals surface area (Å²) in [4.78, 5) is 10.8. The van der Waals surface area contributed by atoms with E-state index in [2.05, 4.69) is 28.7 Å². The predicted octanol–water partition coefficient (Wildman–Crippen LogP) is 1.05. The summed E-state index contributed by atoms with van der Waals surface area (Å²) >= 11 is 0. The van der Waals surface area contributed by atoms with Crippen molar-refractivity contribution in [1.29, 1.82) is 0 Å². The second kappa shape index (κ2) is 4.79. The van der Waals surface area contributed by atoms with Gasteiger partial charge in [0, 0.05) is 37.6 Å². The molecule has 7 nitrogen and oxygen atoms in total. The van der Waals surface area contributed by atoms with E-state index in [0.717, 1.165) is 18.2 Å². The van der Waals surface area contributed by atoms with Gasteiger partial charge in [0.15, 0.2) is 0 Å². The molecular weight excluding hydrogens is 302 g/mol. The first kappa shape index (κ1) is 15.0. The molecule has 1 unspecified atom stereocenters. The van der Waals surface area contributed by atoms with Gasteiger partial charge in [-0.2, -0.15) is 0 Å². The van der Waals surface area contributed by atoms with E-state index in [1.54, 1.807) is 12.3 Å². The molecule has 2 aromatic rings. The van der Waals surface area contributed by atoms with E-state index in [0.29, 0.717) is 0 Å². The van der Waals surface area contributed by atoms with Crippen molar-refractivity contribution in [3.05, 3.63) is 36.5 Å². The molecule has 1 fully saturated rings. The molecule has 3 rings (SSSR count). The maximum absolute atomic E-state index is 11.3. The summed E-state index contributed by atoms with van der Waals surface area (Å²) < 4.78 is 24.6. The minimum absolute atomic E-state index is 0.0181. The number of aromatic nitrogens is 3. The normalized spacial score (nSPS) is 20.7. The number of sulfonamides is 1. The zero-order chi connectivity index (χ0) is 16.1. The number of nitrogens with two attached hydrogens (primary N) is 1. The Morgan fingerprint density at radius 1 is 1.32 bits per heavy atom. The fraction of sp³-hybridized carbons (Fsp3) is 0.429. The summed E-state index contributed by atoms with van der Waals surface area (Å²) in [5.41, 5.74) is 0.0689. The van der Waals surface area contributed by atoms with Crippen LogP contribution in [0.15, 0.2) is 35.6 Å². The van der Waals surface area contributed by atoms with Crippen molar-refractivity contribution in [2.75, 3.05) is 11.4 Å². The largest absolute Gasteiger partial charge is 0.345 e. The lowest BCUT2D eigenvalue weighted by molar-refractivity contribution is 0.167. The maximum atomic E-state index is 11.3. The van der Waals surface area contributed by atoms with Gasteiger partial charge in [0.05, 0.1) is 6.04 Å². The van der Waals surface area contributed by atoms with Gasteiger partial charge in [-0.3, -0.25) is 0 Å². The van der Waals surface area contributed by atoms with E-state index in [-0.39, 0.29) is 16.4 Å². The van der Waals surface area contributed by atoms with E-state index in [1.165, 1.54) is 12.3 Å². The minimum Gasteiger partial charge on any atom is -0.345 e. The highest BCUT2D eigenvalue weighted by molar-refractivity contribution is 7.89. The first-order chi connectivity index (χ1) is 10.2. The van der Waals surface area contributed by atoms with Gasteiger partial charge in [-0.25, -0.2) is 23.5 Å². The zero-order valence-corrected chi connectivity index (χ0v) is 13.6. The first-order valence-electron chi connectivity index (χ1n) is 6.93. The Hall–Kier alpha value is -1.93. The predicted molar refractivity (Wildman–Crippen MR) is 82.7 cm³/mol. The summed E-state index contributed by atoms with van der Waals surface area (Å²) in [5.74, 6) is 1.69. The van der Waals surface area contributed by atoms with Gasteiger partial charge in [-0.15, -0.1) is 0 Å². The highest BCUT2D eigenvalue weighted by Gasteiger charge is 2.49. The number of nitrogens with zero attached hydrogens (tertiary/aromatic N) is 4. The standard InChI is InChI=1S/C14H19N5O2S/c1-14(2)9-19(12(14)13-16-6-7-18(13)3)11-5-4-10(8-17-11)22(15,20)21/h4-8,12H,9H2,1-3H3,(H2,15,20,21). The van der Waals surface area contributed by atoms with Gasteiger partial charge in [0.1, 0.15) is 16.5 Å². The smallest absolute Gasteiger partial charge is 0.239 e. The van der Waals surface area contributed by atoms with Crippen LogP contribution in [-0.4, -0.2) is 29.5 Å². The fourth-order valence-corrected chi connectivity index (χ4v) is 3.44. The molecule has 0 radical (unpaired) electrons. The molecule has 0 saturated carbocycles. The van der Waals surface area contributed by atoms with Crippen LogP contribution in [0, 0.1) is 5.41 Å². The summed E-state index contributed by atoms with van der Waals surface area (Å²) in [6, 6.07) is 3.27. The van der Waals surface area contributed by atoms with Gasteiger partial charge in [0.25, 0.3) is 0 Å². The number of anilines is 1. The van der Waals surface area contributed by atoms with E-state index in [1.807, 2.05) is 17.8 Å². The van der Waals surface area contributed by atoms with Crippen LogP contribution in [0.1, 0.15) is 25.7 Å². The quantitative estimate of drug-likeness (QED) is 0.912. The molecule has 2 N–H and O–H groups in total. The van der Waals surface area contributed by atoms with Crippen LogP contribution in [0.2, 0.25) is 0 Å². The summed E-state index contributed by atoms with van der Waals surface area (Å²) in [6.45, 7) is 5.19. The van der Waals surface area contributed by atoms with Crippen LogP contribution in [0.25, 0.3) is 0 Å². The van der Waals surface area contributed by atoms with Crippen molar-refractivity contribution < 1.29 is 8.42 Å². The van der Waals surface area contributed by atoms with E-state index < -0.39 is 10.0 Å². The van der Waals surface area contributed by atoms with Gasteiger partial charge in [-0.1, -0.05) is 13.8 Å². The van der Waals surface area contributed by atoms with E-state index in [9.17, 15) is 8.42 Å². The van der Waals surface area contributed by atoms with Crippen molar-refractivity contribution in [2.24, 2.45) is 17.6 Å². The number of imidazole rings is 1. The number of pyridine rings is 1. The molecule has 22 heavy (non-hydrogen) atoms. The molecule has 0 bridgehead atoms. The Morgan fingerprint density at radius 2 is 2.05 bits per heavy atom. The average Bonchev–Trinajstić information content (AvgIpc) is 2.81. The summed E-state index contributed by atoms with van der Waals surface area (Å²) in [5, 5.41) is 5.10. The van der Waals surface area contributed by atoms with Crippen molar-refractivity contribution in [3.63, 3.8) is 0 Å². The third-order valence-electron chi connectivity index (χ3n) is 4.08. The second-order valence-corrected chi connectivity index (χ2v) is 7.87. The molecule has 3 heterocycles. The van der Waals surface area contributed by atoms with Crippen LogP contribution in [-0.2, 0) is 17.1 Å². The molecule has 1 aliphatic rings.